The molecule has 1 spiro atoms. The fourth-order valence-electron chi connectivity index (χ4n) is 4.17. The Bertz CT molecular complexity index is 962. The van der Waals surface area contributed by atoms with Crippen molar-refractivity contribution < 1.29 is 18.7 Å². The Hall–Kier alpha value is -2.81. The molecule has 2 aliphatic rings. The van der Waals surface area contributed by atoms with E-state index in [-0.39, 0.29) is 29.2 Å². The van der Waals surface area contributed by atoms with Gasteiger partial charge in [0.25, 0.3) is 11.8 Å². The van der Waals surface area contributed by atoms with E-state index in [9.17, 15) is 14.0 Å². The molecule has 8 nitrogen and oxygen atoms in total. The molecule has 2 aromatic rings. The van der Waals surface area contributed by atoms with Gasteiger partial charge in [0, 0.05) is 43.9 Å². The Labute approximate surface area is 174 Å². The van der Waals surface area contributed by atoms with E-state index in [1.807, 2.05) is 20.9 Å². The number of likely N-dealkylation sites (tertiary alicyclic amines) is 1. The molecule has 0 unspecified atom stereocenters. The summed E-state index contributed by atoms with van der Waals surface area (Å²) in [5.41, 5.74) is 2.14. The molecule has 30 heavy (non-hydrogen) atoms. The first-order valence-electron chi connectivity index (χ1n) is 10.2. The fraction of sp³-hybridized carbons (Fsp3) is 0.524. The first-order valence-corrected chi connectivity index (χ1v) is 10.2. The van der Waals surface area contributed by atoms with E-state index in [0.29, 0.717) is 44.7 Å². The van der Waals surface area contributed by atoms with E-state index in [4.69, 9.17) is 4.74 Å². The van der Waals surface area contributed by atoms with Crippen molar-refractivity contribution in [3.8, 4) is 0 Å². The number of hydrogen-bond donors (Lipinski definition) is 1. The number of amides is 2. The number of rotatable bonds is 3. The van der Waals surface area contributed by atoms with E-state index in [1.165, 1.54) is 12.1 Å². The number of nitrogens with one attached hydrogen (secondary N) is 1. The van der Waals surface area contributed by atoms with Crippen molar-refractivity contribution in [3.63, 3.8) is 0 Å². The third kappa shape index (κ3) is 3.81. The number of carbonyl (C=O) groups excluding carboxylic acids is 2. The Kier molecular flexibility index (Phi) is 5.31. The van der Waals surface area contributed by atoms with Crippen LogP contribution in [0, 0.1) is 5.82 Å². The maximum atomic E-state index is 13.1. The van der Waals surface area contributed by atoms with Crippen molar-refractivity contribution in [1.29, 1.82) is 0 Å². The average Bonchev–Trinajstić information content (AvgIpc) is 3.04. The average molecular weight is 415 g/mol. The number of halogens is 1. The standard InChI is InChI=1S/C21H26FN5O3/c1-13(2)24-19(28)18-15-12-30-21(10-17(15)26(3)25-18)6-8-27(9-7-21)20(29)16-5-4-14(22)11-23-16/h4-5,11,13H,6-10,12H2,1-3H3,(H,24,28). The molecule has 2 aliphatic heterocycles. The molecule has 0 aliphatic carbocycles. The van der Waals surface area contributed by atoms with Crippen LogP contribution in [0.1, 0.15) is 58.9 Å². The second-order valence-electron chi connectivity index (χ2n) is 8.33. The summed E-state index contributed by atoms with van der Waals surface area (Å²) in [4.78, 5) is 30.7. The van der Waals surface area contributed by atoms with Gasteiger partial charge in [-0.25, -0.2) is 9.37 Å². The Morgan fingerprint density at radius 2 is 2.00 bits per heavy atom. The number of nitrogens with zero attached hydrogens (tertiary/aromatic N) is 4. The maximum Gasteiger partial charge on any atom is 0.272 e. The monoisotopic (exact) mass is 415 g/mol. The molecule has 2 amide bonds. The molecule has 4 rings (SSSR count). The van der Waals surface area contributed by atoms with Crippen LogP contribution in [0.15, 0.2) is 18.3 Å². The summed E-state index contributed by atoms with van der Waals surface area (Å²) in [6.45, 7) is 5.22. The van der Waals surface area contributed by atoms with Gasteiger partial charge in [0.15, 0.2) is 5.69 Å². The molecule has 0 bridgehead atoms. The van der Waals surface area contributed by atoms with Gasteiger partial charge in [-0.15, -0.1) is 0 Å². The lowest BCUT2D eigenvalue weighted by molar-refractivity contribution is -0.0990. The molecule has 4 heterocycles. The van der Waals surface area contributed by atoms with E-state index in [1.54, 1.807) is 9.58 Å². The lowest BCUT2D eigenvalue weighted by Crippen LogP contribution is -2.51. The highest BCUT2D eigenvalue weighted by Gasteiger charge is 2.42. The molecule has 1 N–H and O–H groups in total. The zero-order valence-electron chi connectivity index (χ0n) is 17.4. The minimum Gasteiger partial charge on any atom is -0.370 e. The predicted molar refractivity (Wildman–Crippen MR) is 106 cm³/mol. The molecule has 0 saturated carbocycles. The second-order valence-corrected chi connectivity index (χ2v) is 8.33. The van der Waals surface area contributed by atoms with Crippen molar-refractivity contribution in [1.82, 2.24) is 25.0 Å². The zero-order valence-corrected chi connectivity index (χ0v) is 17.4. The summed E-state index contributed by atoms with van der Waals surface area (Å²) in [7, 11) is 1.85. The van der Waals surface area contributed by atoms with Gasteiger partial charge >= 0.3 is 0 Å². The molecule has 0 atom stereocenters. The lowest BCUT2D eigenvalue weighted by atomic mass is 9.83. The van der Waals surface area contributed by atoms with Gasteiger partial charge in [-0.3, -0.25) is 14.3 Å². The van der Waals surface area contributed by atoms with Gasteiger partial charge in [0.1, 0.15) is 11.5 Å². The summed E-state index contributed by atoms with van der Waals surface area (Å²) in [6.07, 6.45) is 3.06. The van der Waals surface area contributed by atoms with E-state index >= 15 is 0 Å². The Balaban J connectivity index is 1.45. The molecule has 9 heteroatoms. The van der Waals surface area contributed by atoms with Gasteiger partial charge in [-0.2, -0.15) is 5.10 Å². The first kappa shape index (κ1) is 20.5. The molecule has 1 saturated heterocycles. The Morgan fingerprint density at radius 3 is 2.63 bits per heavy atom. The number of fused-ring (bicyclic) bond motifs is 1. The third-order valence-corrected chi connectivity index (χ3v) is 5.83. The highest BCUT2D eigenvalue weighted by atomic mass is 19.1. The van der Waals surface area contributed by atoms with Crippen LogP contribution in [0.25, 0.3) is 0 Å². The number of hydrogen-bond acceptors (Lipinski definition) is 5. The lowest BCUT2D eigenvalue weighted by Gasteiger charge is -2.43. The van der Waals surface area contributed by atoms with Crippen LogP contribution in [0.5, 0.6) is 0 Å². The van der Waals surface area contributed by atoms with Gasteiger partial charge < -0.3 is 15.0 Å². The molecule has 0 aromatic carbocycles. The van der Waals surface area contributed by atoms with Gasteiger partial charge in [0.2, 0.25) is 0 Å². The summed E-state index contributed by atoms with van der Waals surface area (Å²) < 4.78 is 21.1. The molecule has 0 radical (unpaired) electrons. The van der Waals surface area contributed by atoms with Crippen LogP contribution in [0.3, 0.4) is 0 Å². The molecule has 160 valence electrons. The summed E-state index contributed by atoms with van der Waals surface area (Å²) in [6, 6.07) is 2.68. The molecule has 1 fully saturated rings. The van der Waals surface area contributed by atoms with Crippen LogP contribution >= 0.6 is 0 Å². The van der Waals surface area contributed by atoms with E-state index in [2.05, 4.69) is 15.4 Å². The van der Waals surface area contributed by atoms with Crippen LogP contribution < -0.4 is 5.32 Å². The minimum absolute atomic E-state index is 0.0310. The predicted octanol–water partition coefficient (Wildman–Crippen LogP) is 1.84. The summed E-state index contributed by atoms with van der Waals surface area (Å²) in [5, 5.41) is 7.32. The number of piperidine rings is 1. The minimum atomic E-state index is -0.465. The molecular weight excluding hydrogens is 389 g/mol. The number of carbonyl (C=O) groups is 2. The van der Waals surface area contributed by atoms with Crippen molar-refractivity contribution in [2.45, 2.75) is 51.4 Å². The quantitative estimate of drug-likeness (QED) is 0.826. The largest absolute Gasteiger partial charge is 0.370 e. The number of ether oxygens (including phenoxy) is 1. The third-order valence-electron chi connectivity index (χ3n) is 5.83. The van der Waals surface area contributed by atoms with Crippen molar-refractivity contribution in [3.05, 3.63) is 46.8 Å². The van der Waals surface area contributed by atoms with E-state index in [0.717, 1.165) is 17.5 Å². The highest BCUT2D eigenvalue weighted by Crippen LogP contribution is 2.37. The van der Waals surface area contributed by atoms with E-state index < -0.39 is 5.82 Å². The van der Waals surface area contributed by atoms with Gasteiger partial charge in [-0.05, 0) is 38.8 Å². The number of pyridine rings is 1. The smallest absolute Gasteiger partial charge is 0.272 e. The number of aromatic nitrogens is 3. The normalized spacial score (nSPS) is 17.8. The number of aryl methyl sites for hydroxylation is 1. The maximum absolute atomic E-state index is 13.1. The van der Waals surface area contributed by atoms with Crippen LogP contribution in [0.4, 0.5) is 4.39 Å². The van der Waals surface area contributed by atoms with Gasteiger partial charge in [0.05, 0.1) is 18.4 Å². The fourth-order valence-corrected chi connectivity index (χ4v) is 4.17. The van der Waals surface area contributed by atoms with Crippen molar-refractivity contribution in [2.24, 2.45) is 7.05 Å². The van der Waals surface area contributed by atoms with Crippen molar-refractivity contribution >= 4 is 11.8 Å². The molecular formula is C21H26FN5O3. The Morgan fingerprint density at radius 1 is 1.27 bits per heavy atom. The highest BCUT2D eigenvalue weighted by molar-refractivity contribution is 5.94. The van der Waals surface area contributed by atoms with Crippen LogP contribution in [0.2, 0.25) is 0 Å². The zero-order chi connectivity index (χ0) is 21.5. The SMILES string of the molecule is CC(C)NC(=O)c1nn(C)c2c1COC1(CCN(C(=O)c3ccc(F)cn3)CC1)C2. The summed E-state index contributed by atoms with van der Waals surface area (Å²) >= 11 is 0. The molecule has 2 aromatic heterocycles. The second kappa shape index (κ2) is 7.79. The van der Waals surface area contributed by atoms with Crippen molar-refractivity contribution in [2.75, 3.05) is 13.1 Å². The van der Waals surface area contributed by atoms with Crippen LogP contribution in [-0.2, 0) is 24.8 Å². The topological polar surface area (TPSA) is 89.4 Å². The summed E-state index contributed by atoms with van der Waals surface area (Å²) in [5.74, 6) is -0.851. The van der Waals surface area contributed by atoms with Gasteiger partial charge in [-0.1, -0.05) is 0 Å². The van der Waals surface area contributed by atoms with Crippen LogP contribution in [-0.4, -0.2) is 56.2 Å². The first-order chi connectivity index (χ1) is 14.3.